The van der Waals surface area contributed by atoms with Crippen molar-refractivity contribution in [2.45, 2.75) is 46.1 Å². The Morgan fingerprint density at radius 2 is 2.11 bits per heavy atom. The van der Waals surface area contributed by atoms with E-state index in [1.54, 1.807) is 0 Å². The first kappa shape index (κ1) is 15.8. The molecule has 0 aliphatic carbocycles. The van der Waals surface area contributed by atoms with E-state index in [0.717, 1.165) is 43.1 Å². The number of nitrogens with one attached hydrogen (secondary N) is 1. The Labute approximate surface area is 117 Å². The lowest BCUT2D eigenvalue weighted by molar-refractivity contribution is 0.261. The standard InChI is InChI=1S/C14H29N5/c1-6-8-12-13(15)14(19(5)17-12)16-9-10-18(4)11(3)7-2/h11,16H,6-10,15H2,1-5H3. The number of likely N-dealkylation sites (N-methyl/N-ethyl adjacent to an activating group) is 1. The third-order valence-corrected chi connectivity index (χ3v) is 3.75. The second kappa shape index (κ2) is 7.38. The summed E-state index contributed by atoms with van der Waals surface area (Å²) in [6.45, 7) is 8.49. The summed E-state index contributed by atoms with van der Waals surface area (Å²) >= 11 is 0. The summed E-state index contributed by atoms with van der Waals surface area (Å²) in [4.78, 5) is 2.35. The van der Waals surface area contributed by atoms with Gasteiger partial charge in [0.05, 0.1) is 11.4 Å². The zero-order valence-electron chi connectivity index (χ0n) is 13.0. The molecule has 1 heterocycles. The van der Waals surface area contributed by atoms with Gasteiger partial charge >= 0.3 is 0 Å². The van der Waals surface area contributed by atoms with Crippen LogP contribution in [-0.2, 0) is 13.5 Å². The zero-order valence-corrected chi connectivity index (χ0v) is 13.0. The Morgan fingerprint density at radius 3 is 2.68 bits per heavy atom. The fourth-order valence-corrected chi connectivity index (χ4v) is 2.11. The Morgan fingerprint density at radius 1 is 1.42 bits per heavy atom. The summed E-state index contributed by atoms with van der Waals surface area (Å²) in [6, 6.07) is 0.612. The second-order valence-electron chi connectivity index (χ2n) is 5.25. The second-order valence-corrected chi connectivity index (χ2v) is 5.25. The number of hydrogen-bond donors (Lipinski definition) is 2. The van der Waals surface area contributed by atoms with Crippen molar-refractivity contribution in [1.82, 2.24) is 14.7 Å². The number of aromatic nitrogens is 2. The molecular weight excluding hydrogens is 238 g/mol. The molecule has 0 bridgehead atoms. The van der Waals surface area contributed by atoms with Gasteiger partial charge in [0.2, 0.25) is 0 Å². The highest BCUT2D eigenvalue weighted by Gasteiger charge is 2.12. The molecule has 0 amide bonds. The molecule has 1 rings (SSSR count). The van der Waals surface area contributed by atoms with Crippen molar-refractivity contribution < 1.29 is 0 Å². The van der Waals surface area contributed by atoms with Gasteiger partial charge in [-0.3, -0.25) is 4.68 Å². The van der Waals surface area contributed by atoms with E-state index in [2.05, 4.69) is 43.1 Å². The summed E-state index contributed by atoms with van der Waals surface area (Å²) in [5.41, 5.74) is 7.94. The molecule has 0 radical (unpaired) electrons. The molecule has 0 aliphatic rings. The molecule has 19 heavy (non-hydrogen) atoms. The number of aryl methyl sites for hydroxylation is 2. The van der Waals surface area contributed by atoms with Gasteiger partial charge in [0.15, 0.2) is 0 Å². The van der Waals surface area contributed by atoms with E-state index < -0.39 is 0 Å². The van der Waals surface area contributed by atoms with E-state index in [1.165, 1.54) is 6.42 Å². The van der Waals surface area contributed by atoms with Crippen LogP contribution in [0, 0.1) is 0 Å². The van der Waals surface area contributed by atoms with Gasteiger partial charge < -0.3 is 16.0 Å². The Balaban J connectivity index is 2.54. The van der Waals surface area contributed by atoms with Crippen molar-refractivity contribution in [3.8, 4) is 0 Å². The van der Waals surface area contributed by atoms with Gasteiger partial charge in [-0.1, -0.05) is 20.3 Å². The molecule has 3 N–H and O–H groups in total. The zero-order chi connectivity index (χ0) is 14.4. The van der Waals surface area contributed by atoms with Crippen LogP contribution in [0.2, 0.25) is 0 Å². The molecule has 0 saturated heterocycles. The van der Waals surface area contributed by atoms with Gasteiger partial charge in [-0.15, -0.1) is 0 Å². The molecule has 1 unspecified atom stereocenters. The molecule has 0 spiro atoms. The van der Waals surface area contributed by atoms with Crippen LogP contribution in [0.5, 0.6) is 0 Å². The quantitative estimate of drug-likeness (QED) is 0.757. The van der Waals surface area contributed by atoms with E-state index in [1.807, 2.05) is 11.7 Å². The monoisotopic (exact) mass is 267 g/mol. The minimum absolute atomic E-state index is 0.612. The molecule has 110 valence electrons. The van der Waals surface area contributed by atoms with Crippen LogP contribution in [0.15, 0.2) is 0 Å². The fraction of sp³-hybridized carbons (Fsp3) is 0.786. The van der Waals surface area contributed by atoms with E-state index in [9.17, 15) is 0 Å². The van der Waals surface area contributed by atoms with Crippen LogP contribution >= 0.6 is 0 Å². The summed E-state index contributed by atoms with van der Waals surface area (Å²) < 4.78 is 1.85. The SMILES string of the molecule is CCCc1nn(C)c(NCCN(C)C(C)CC)c1N. The predicted molar refractivity (Wildman–Crippen MR) is 82.5 cm³/mol. The maximum absolute atomic E-state index is 6.13. The lowest BCUT2D eigenvalue weighted by Crippen LogP contribution is -2.33. The van der Waals surface area contributed by atoms with Gasteiger partial charge in [0.25, 0.3) is 0 Å². The summed E-state index contributed by atoms with van der Waals surface area (Å²) in [7, 11) is 4.10. The molecule has 0 saturated carbocycles. The maximum atomic E-state index is 6.13. The van der Waals surface area contributed by atoms with Gasteiger partial charge in [-0.25, -0.2) is 0 Å². The molecule has 0 fully saturated rings. The van der Waals surface area contributed by atoms with Crippen LogP contribution < -0.4 is 11.1 Å². The summed E-state index contributed by atoms with van der Waals surface area (Å²) in [5.74, 6) is 0.945. The van der Waals surface area contributed by atoms with Crippen molar-refractivity contribution in [2.75, 3.05) is 31.2 Å². The van der Waals surface area contributed by atoms with Gasteiger partial charge in [-0.05, 0) is 26.8 Å². The molecule has 0 aliphatic heterocycles. The molecule has 5 nitrogen and oxygen atoms in total. The minimum atomic E-state index is 0.612. The normalized spacial score (nSPS) is 12.9. The van der Waals surface area contributed by atoms with Crippen molar-refractivity contribution in [2.24, 2.45) is 7.05 Å². The summed E-state index contributed by atoms with van der Waals surface area (Å²) in [6.07, 6.45) is 3.18. The van der Waals surface area contributed by atoms with E-state index in [0.29, 0.717) is 6.04 Å². The van der Waals surface area contributed by atoms with Crippen molar-refractivity contribution in [1.29, 1.82) is 0 Å². The van der Waals surface area contributed by atoms with Crippen LogP contribution in [0.3, 0.4) is 0 Å². The number of rotatable bonds is 8. The van der Waals surface area contributed by atoms with Crippen LogP contribution in [-0.4, -0.2) is 40.9 Å². The lowest BCUT2D eigenvalue weighted by Gasteiger charge is -2.23. The number of nitrogen functional groups attached to an aromatic ring is 1. The number of nitrogens with zero attached hydrogens (tertiary/aromatic N) is 3. The molecule has 1 aromatic heterocycles. The largest absolute Gasteiger partial charge is 0.394 e. The Hall–Kier alpha value is -1.23. The predicted octanol–water partition coefficient (Wildman–Crippen LogP) is 2.10. The molecule has 5 heteroatoms. The first-order valence-electron chi connectivity index (χ1n) is 7.26. The van der Waals surface area contributed by atoms with Crippen LogP contribution in [0.4, 0.5) is 11.5 Å². The highest BCUT2D eigenvalue weighted by Crippen LogP contribution is 2.22. The minimum Gasteiger partial charge on any atom is -0.394 e. The van der Waals surface area contributed by atoms with E-state index in [4.69, 9.17) is 5.73 Å². The Bertz CT molecular complexity index is 385. The maximum Gasteiger partial charge on any atom is 0.147 e. The number of hydrogen-bond acceptors (Lipinski definition) is 4. The van der Waals surface area contributed by atoms with Crippen LogP contribution in [0.25, 0.3) is 0 Å². The first-order chi connectivity index (χ1) is 9.01. The molecule has 1 atom stereocenters. The van der Waals surface area contributed by atoms with Gasteiger partial charge in [0.1, 0.15) is 5.82 Å². The summed E-state index contributed by atoms with van der Waals surface area (Å²) in [5, 5.41) is 7.87. The van der Waals surface area contributed by atoms with E-state index >= 15 is 0 Å². The van der Waals surface area contributed by atoms with Crippen LogP contribution in [0.1, 0.15) is 39.3 Å². The smallest absolute Gasteiger partial charge is 0.147 e. The topological polar surface area (TPSA) is 59.1 Å². The molecular formula is C14H29N5. The van der Waals surface area contributed by atoms with Gasteiger partial charge in [0, 0.05) is 26.2 Å². The average Bonchev–Trinajstić information content (AvgIpc) is 2.65. The van der Waals surface area contributed by atoms with Crippen molar-refractivity contribution >= 4 is 11.5 Å². The highest BCUT2D eigenvalue weighted by atomic mass is 15.3. The first-order valence-corrected chi connectivity index (χ1v) is 7.26. The average molecular weight is 267 g/mol. The number of anilines is 2. The van der Waals surface area contributed by atoms with E-state index in [-0.39, 0.29) is 0 Å². The van der Waals surface area contributed by atoms with Crippen molar-refractivity contribution in [3.63, 3.8) is 0 Å². The third kappa shape index (κ3) is 4.13. The lowest BCUT2D eigenvalue weighted by atomic mass is 10.2. The highest BCUT2D eigenvalue weighted by molar-refractivity contribution is 5.65. The Kier molecular flexibility index (Phi) is 6.15. The third-order valence-electron chi connectivity index (χ3n) is 3.75. The van der Waals surface area contributed by atoms with Crippen molar-refractivity contribution in [3.05, 3.63) is 5.69 Å². The fourth-order valence-electron chi connectivity index (χ4n) is 2.11. The molecule has 1 aromatic rings. The van der Waals surface area contributed by atoms with Gasteiger partial charge in [-0.2, -0.15) is 5.10 Å². The number of nitrogens with two attached hydrogens (primary N) is 1. The molecule has 0 aromatic carbocycles.